The number of benzene rings is 1. The molecular formula is C15H17NO3. The van der Waals surface area contributed by atoms with Crippen LogP contribution in [0.25, 0.3) is 0 Å². The number of ether oxygens (including phenoxy) is 1. The summed E-state index contributed by atoms with van der Waals surface area (Å²) in [6, 6.07) is 7.50. The Morgan fingerprint density at radius 2 is 2.00 bits per heavy atom. The molecule has 2 aliphatic rings. The molecule has 1 amide bonds. The highest BCUT2D eigenvalue weighted by Crippen LogP contribution is 2.55. The van der Waals surface area contributed by atoms with Crippen molar-refractivity contribution in [3.63, 3.8) is 0 Å². The molecule has 4 nitrogen and oxygen atoms in total. The van der Waals surface area contributed by atoms with Crippen LogP contribution in [0.4, 0.5) is 0 Å². The molecule has 1 aromatic rings. The molecule has 0 aromatic heterocycles. The minimum atomic E-state index is -0.324. The van der Waals surface area contributed by atoms with Gasteiger partial charge in [-0.05, 0) is 37.0 Å². The van der Waals surface area contributed by atoms with E-state index >= 15 is 0 Å². The second-order valence-electron chi connectivity index (χ2n) is 5.36. The van der Waals surface area contributed by atoms with Gasteiger partial charge < -0.3 is 10.1 Å². The number of methoxy groups -OCH3 is 1. The molecule has 100 valence electrons. The van der Waals surface area contributed by atoms with Crippen molar-refractivity contribution in [3.8, 4) is 0 Å². The van der Waals surface area contributed by atoms with Gasteiger partial charge in [-0.15, -0.1) is 0 Å². The lowest BCUT2D eigenvalue weighted by molar-refractivity contribution is -0.123. The summed E-state index contributed by atoms with van der Waals surface area (Å²) in [6.07, 6.45) is 3.03. The number of hydrogen-bond acceptors (Lipinski definition) is 3. The Labute approximate surface area is 112 Å². The van der Waals surface area contributed by atoms with Crippen LogP contribution in [0.1, 0.15) is 35.2 Å². The van der Waals surface area contributed by atoms with E-state index in [-0.39, 0.29) is 23.2 Å². The van der Waals surface area contributed by atoms with Crippen molar-refractivity contribution in [1.82, 2.24) is 5.32 Å². The Bertz CT molecular complexity index is 517. The van der Waals surface area contributed by atoms with Gasteiger partial charge in [-0.25, -0.2) is 4.79 Å². The summed E-state index contributed by atoms with van der Waals surface area (Å²) in [4.78, 5) is 23.3. The molecule has 1 aromatic carbocycles. The Kier molecular flexibility index (Phi) is 2.81. The highest BCUT2D eigenvalue weighted by Gasteiger charge is 2.54. The van der Waals surface area contributed by atoms with Crippen molar-refractivity contribution in [2.24, 2.45) is 5.92 Å². The van der Waals surface area contributed by atoms with Crippen LogP contribution in [0, 0.1) is 5.92 Å². The lowest BCUT2D eigenvalue weighted by Crippen LogP contribution is -2.28. The highest BCUT2D eigenvalue weighted by atomic mass is 16.5. The minimum absolute atomic E-state index is 0.00916. The quantitative estimate of drug-likeness (QED) is 0.840. The lowest BCUT2D eigenvalue weighted by atomic mass is 9.81. The molecule has 0 radical (unpaired) electrons. The molecule has 1 aliphatic carbocycles. The van der Waals surface area contributed by atoms with Crippen LogP contribution in [-0.4, -0.2) is 25.5 Å². The molecule has 0 bridgehead atoms. The average Bonchev–Trinajstić information content (AvgIpc) is 3.14. The molecule has 2 fully saturated rings. The molecule has 1 N–H and O–H groups in total. The summed E-state index contributed by atoms with van der Waals surface area (Å²) in [6.45, 7) is 0.783. The number of rotatable bonds is 3. The van der Waals surface area contributed by atoms with Gasteiger partial charge in [-0.1, -0.05) is 12.1 Å². The normalized spacial score (nSPS) is 23.8. The fourth-order valence-electron chi connectivity index (χ4n) is 3.15. The first-order valence-electron chi connectivity index (χ1n) is 6.64. The van der Waals surface area contributed by atoms with Crippen molar-refractivity contribution < 1.29 is 14.3 Å². The van der Waals surface area contributed by atoms with Crippen molar-refractivity contribution in [3.05, 3.63) is 35.4 Å². The van der Waals surface area contributed by atoms with E-state index in [2.05, 4.69) is 5.32 Å². The SMILES string of the molecule is COC(=O)c1ccc(C2(C3CCNC3=O)CC2)cc1. The van der Waals surface area contributed by atoms with E-state index in [1.807, 2.05) is 12.1 Å². The van der Waals surface area contributed by atoms with Crippen LogP contribution in [0.3, 0.4) is 0 Å². The summed E-state index contributed by atoms with van der Waals surface area (Å²) in [5, 5.41) is 2.91. The summed E-state index contributed by atoms with van der Waals surface area (Å²) < 4.78 is 4.69. The van der Waals surface area contributed by atoms with Gasteiger partial charge in [0.2, 0.25) is 5.91 Å². The van der Waals surface area contributed by atoms with Crippen LogP contribution >= 0.6 is 0 Å². The van der Waals surface area contributed by atoms with Crippen molar-refractivity contribution in [1.29, 1.82) is 0 Å². The lowest BCUT2D eigenvalue weighted by Gasteiger charge is -2.21. The van der Waals surface area contributed by atoms with Gasteiger partial charge in [0.05, 0.1) is 12.7 Å². The van der Waals surface area contributed by atoms with Crippen molar-refractivity contribution >= 4 is 11.9 Å². The first-order chi connectivity index (χ1) is 9.17. The van der Waals surface area contributed by atoms with Crippen LogP contribution < -0.4 is 5.32 Å². The number of hydrogen-bond donors (Lipinski definition) is 1. The van der Waals surface area contributed by atoms with Crippen molar-refractivity contribution in [2.75, 3.05) is 13.7 Å². The number of esters is 1. The zero-order valence-corrected chi connectivity index (χ0v) is 10.9. The second-order valence-corrected chi connectivity index (χ2v) is 5.36. The van der Waals surface area contributed by atoms with Crippen LogP contribution in [0.2, 0.25) is 0 Å². The number of carbonyl (C=O) groups excluding carboxylic acids is 2. The zero-order chi connectivity index (χ0) is 13.5. The largest absolute Gasteiger partial charge is 0.465 e. The van der Waals surface area contributed by atoms with Gasteiger partial charge >= 0.3 is 5.97 Å². The monoisotopic (exact) mass is 259 g/mol. The molecule has 3 rings (SSSR count). The predicted octanol–water partition coefficient (Wildman–Crippen LogP) is 1.64. The molecule has 1 atom stereocenters. The van der Waals surface area contributed by atoms with E-state index < -0.39 is 0 Å². The van der Waals surface area contributed by atoms with Gasteiger partial charge in [0, 0.05) is 17.9 Å². The fourth-order valence-corrected chi connectivity index (χ4v) is 3.15. The summed E-state index contributed by atoms with van der Waals surface area (Å²) in [5.41, 5.74) is 1.73. The Morgan fingerprint density at radius 1 is 1.32 bits per heavy atom. The third-order valence-corrected chi connectivity index (χ3v) is 4.39. The van der Waals surface area contributed by atoms with E-state index in [0.29, 0.717) is 5.56 Å². The topological polar surface area (TPSA) is 55.4 Å². The summed E-state index contributed by atoms with van der Waals surface area (Å²) in [7, 11) is 1.38. The Morgan fingerprint density at radius 3 is 2.47 bits per heavy atom. The van der Waals surface area contributed by atoms with E-state index in [0.717, 1.165) is 25.8 Å². The third kappa shape index (κ3) is 1.91. The molecule has 1 saturated carbocycles. The Hall–Kier alpha value is -1.84. The molecule has 1 unspecified atom stereocenters. The number of carbonyl (C=O) groups is 2. The Balaban J connectivity index is 1.86. The van der Waals surface area contributed by atoms with Gasteiger partial charge in [0.1, 0.15) is 0 Å². The number of nitrogens with one attached hydrogen (secondary N) is 1. The van der Waals surface area contributed by atoms with Crippen molar-refractivity contribution in [2.45, 2.75) is 24.7 Å². The molecule has 19 heavy (non-hydrogen) atoms. The maximum Gasteiger partial charge on any atom is 0.337 e. The fraction of sp³-hybridized carbons (Fsp3) is 0.467. The number of amides is 1. The van der Waals surface area contributed by atoms with Gasteiger partial charge in [0.15, 0.2) is 0 Å². The van der Waals surface area contributed by atoms with E-state index in [4.69, 9.17) is 4.74 Å². The van der Waals surface area contributed by atoms with Crippen LogP contribution in [-0.2, 0) is 14.9 Å². The maximum absolute atomic E-state index is 11.9. The minimum Gasteiger partial charge on any atom is -0.465 e. The smallest absolute Gasteiger partial charge is 0.337 e. The van der Waals surface area contributed by atoms with E-state index in [1.54, 1.807) is 12.1 Å². The van der Waals surface area contributed by atoms with Gasteiger partial charge in [-0.2, -0.15) is 0 Å². The highest BCUT2D eigenvalue weighted by molar-refractivity contribution is 5.89. The third-order valence-electron chi connectivity index (χ3n) is 4.39. The van der Waals surface area contributed by atoms with E-state index in [1.165, 1.54) is 12.7 Å². The van der Waals surface area contributed by atoms with E-state index in [9.17, 15) is 9.59 Å². The van der Waals surface area contributed by atoms with Crippen LogP contribution in [0.15, 0.2) is 24.3 Å². The van der Waals surface area contributed by atoms with Crippen LogP contribution in [0.5, 0.6) is 0 Å². The predicted molar refractivity (Wildman–Crippen MR) is 69.8 cm³/mol. The first kappa shape index (κ1) is 12.2. The summed E-state index contributed by atoms with van der Waals surface area (Å²) >= 11 is 0. The standard InChI is InChI=1S/C15H17NO3/c1-19-14(18)10-2-4-11(5-3-10)15(7-8-15)12-6-9-16-13(12)17/h2-5,12H,6-9H2,1H3,(H,16,17). The molecule has 1 saturated heterocycles. The maximum atomic E-state index is 11.9. The summed E-state index contributed by atoms with van der Waals surface area (Å²) in [5.74, 6) is -0.0546. The first-order valence-corrected chi connectivity index (χ1v) is 6.64. The zero-order valence-electron chi connectivity index (χ0n) is 10.9. The average molecular weight is 259 g/mol. The molecule has 4 heteroatoms. The second kappa shape index (κ2) is 4.37. The molecular weight excluding hydrogens is 242 g/mol. The molecule has 0 spiro atoms. The van der Waals surface area contributed by atoms with Gasteiger partial charge in [0.25, 0.3) is 0 Å². The molecule has 1 heterocycles. The van der Waals surface area contributed by atoms with Gasteiger partial charge in [-0.3, -0.25) is 4.79 Å². The molecule has 1 aliphatic heterocycles.